The molecule has 232 valence electrons. The smallest absolute Gasteiger partial charge is 0.268 e. The molecule has 0 amide bonds. The van der Waals surface area contributed by atoms with Crippen molar-refractivity contribution in [2.45, 2.75) is 18.2 Å². The molecule has 6 rings (SSSR count). The number of carbonyl (C=O) groups excluding carboxylic acids is 1. The summed E-state index contributed by atoms with van der Waals surface area (Å²) in [6.07, 6.45) is -2.80. The minimum atomic E-state index is -4.51. The van der Waals surface area contributed by atoms with Gasteiger partial charge in [0.2, 0.25) is 0 Å². The number of rotatable bonds is 7. The van der Waals surface area contributed by atoms with Crippen LogP contribution in [0.5, 0.6) is 0 Å². The molecule has 6 aromatic rings. The molecule has 0 N–H and O–H groups in total. The number of carbonyl (C=O) groups is 1. The topological polar surface area (TPSA) is 56.1 Å². The zero-order valence-corrected chi connectivity index (χ0v) is 26.8. The van der Waals surface area contributed by atoms with Gasteiger partial charge < -0.3 is 0 Å². The van der Waals surface area contributed by atoms with Crippen LogP contribution in [0.15, 0.2) is 108 Å². The number of aromatic nitrogens is 1. The van der Waals surface area contributed by atoms with Crippen LogP contribution in [0.4, 0.5) is 13.2 Å². The van der Waals surface area contributed by atoms with Crippen molar-refractivity contribution < 1.29 is 26.4 Å². The van der Waals surface area contributed by atoms with Crippen molar-refractivity contribution in [3.05, 3.63) is 135 Å². The van der Waals surface area contributed by atoms with Crippen molar-refractivity contribution in [3.8, 4) is 33.5 Å². The average molecular weight is 699 g/mol. The summed E-state index contributed by atoms with van der Waals surface area (Å²) in [5.74, 6) is -0.794. The summed E-state index contributed by atoms with van der Waals surface area (Å²) in [5.41, 5.74) is 2.34. The molecule has 5 aromatic carbocycles. The summed E-state index contributed by atoms with van der Waals surface area (Å²) in [6.45, 7) is 1.43. The number of halogens is 6. The van der Waals surface area contributed by atoms with Crippen LogP contribution in [0, 0.1) is 5.82 Å². The van der Waals surface area contributed by atoms with E-state index in [0.29, 0.717) is 27.3 Å². The zero-order valence-electron chi connectivity index (χ0n) is 23.7. The maximum Gasteiger partial charge on any atom is 0.268 e. The average Bonchev–Trinajstić information content (AvgIpc) is 3.35. The molecule has 0 saturated heterocycles. The lowest BCUT2D eigenvalue weighted by molar-refractivity contribution is 0.101. The maximum atomic E-state index is 14.9. The molecule has 46 heavy (non-hydrogen) atoms. The van der Waals surface area contributed by atoms with Crippen molar-refractivity contribution in [2.75, 3.05) is 0 Å². The number of benzene rings is 5. The quantitative estimate of drug-likeness (QED) is 0.156. The summed E-state index contributed by atoms with van der Waals surface area (Å²) in [5, 5.41) is 0.880. The van der Waals surface area contributed by atoms with Gasteiger partial charge in [-0.1, -0.05) is 83.3 Å². The first kappa shape index (κ1) is 31.9. The third-order valence-corrected chi connectivity index (χ3v) is 10.3. The SMILES string of the molecule is CC(=O)c1ccc(-c2cccc(-c3c(-c4c(Cl)cccc4Cl)c4cc(F)ccc4n3S(=O)(=O)c3ccc(C(F)F)cc3)c2)c(Cl)c1. The predicted molar refractivity (Wildman–Crippen MR) is 177 cm³/mol. The second kappa shape index (κ2) is 12.3. The Bertz CT molecular complexity index is 2260. The third kappa shape index (κ3) is 5.60. The highest BCUT2D eigenvalue weighted by atomic mass is 35.5. The number of hydrogen-bond donors (Lipinski definition) is 0. The fourth-order valence-corrected chi connectivity index (χ4v) is 7.85. The van der Waals surface area contributed by atoms with E-state index in [4.69, 9.17) is 34.8 Å². The van der Waals surface area contributed by atoms with Crippen LogP contribution in [0.3, 0.4) is 0 Å². The zero-order chi connectivity index (χ0) is 32.9. The Kier molecular flexibility index (Phi) is 8.50. The van der Waals surface area contributed by atoms with Gasteiger partial charge in [0.05, 0.1) is 16.1 Å². The van der Waals surface area contributed by atoms with Gasteiger partial charge in [0.25, 0.3) is 16.4 Å². The molecule has 1 aromatic heterocycles. The van der Waals surface area contributed by atoms with Gasteiger partial charge in [0.1, 0.15) is 5.82 Å². The number of ketones is 1. The van der Waals surface area contributed by atoms with Crippen LogP contribution in [0.25, 0.3) is 44.4 Å². The van der Waals surface area contributed by atoms with Crippen molar-refractivity contribution in [3.63, 3.8) is 0 Å². The molecule has 0 aliphatic heterocycles. The molecule has 4 nitrogen and oxygen atoms in total. The minimum absolute atomic E-state index is 0.104. The summed E-state index contributed by atoms with van der Waals surface area (Å²) in [6, 6.07) is 24.5. The van der Waals surface area contributed by atoms with E-state index in [0.717, 1.165) is 34.3 Å². The van der Waals surface area contributed by atoms with E-state index in [1.165, 1.54) is 19.1 Å². The van der Waals surface area contributed by atoms with Crippen molar-refractivity contribution >= 4 is 61.5 Å². The Morgan fingerprint density at radius 1 is 0.739 bits per heavy atom. The number of alkyl halides is 2. The Balaban J connectivity index is 1.72. The predicted octanol–water partition coefficient (Wildman–Crippen LogP) is 11.1. The molecule has 1 heterocycles. The van der Waals surface area contributed by atoms with E-state index in [1.54, 1.807) is 60.7 Å². The molecule has 0 saturated carbocycles. The third-order valence-electron chi connectivity index (χ3n) is 7.59. The van der Waals surface area contributed by atoms with Crippen LogP contribution in [0.2, 0.25) is 15.1 Å². The molecular formula is C35H21Cl3F3NO3S. The molecule has 11 heteroatoms. The highest BCUT2D eigenvalue weighted by Gasteiger charge is 2.31. The highest BCUT2D eigenvalue weighted by molar-refractivity contribution is 7.90. The maximum absolute atomic E-state index is 14.9. The van der Waals surface area contributed by atoms with Gasteiger partial charge >= 0.3 is 0 Å². The fraction of sp³-hybridized carbons (Fsp3) is 0.0571. The standard InChI is InChI=1S/C35H21Cl3F3NO3S/c1-19(43)21-10-14-26(30(38)17-21)22-4-2-5-23(16-22)34-32(33-28(36)6-3-7-29(33)37)27-18-24(39)11-15-31(27)42(34)46(44,45)25-12-8-20(9-13-25)35(40)41/h2-18,35H,1H3. The lowest BCUT2D eigenvalue weighted by Gasteiger charge is -2.16. The van der Waals surface area contributed by atoms with Crippen LogP contribution in [-0.2, 0) is 10.0 Å². The molecule has 0 aliphatic carbocycles. The van der Waals surface area contributed by atoms with Crippen LogP contribution < -0.4 is 0 Å². The molecule has 0 bridgehead atoms. The van der Waals surface area contributed by atoms with Crippen molar-refractivity contribution in [1.29, 1.82) is 0 Å². The molecular weight excluding hydrogens is 678 g/mol. The number of hydrogen-bond acceptors (Lipinski definition) is 3. The van der Waals surface area contributed by atoms with Crippen LogP contribution in [0.1, 0.15) is 29.3 Å². The van der Waals surface area contributed by atoms with Crippen LogP contribution in [-0.4, -0.2) is 18.2 Å². The van der Waals surface area contributed by atoms with Gasteiger partial charge in [0, 0.05) is 53.8 Å². The van der Waals surface area contributed by atoms with Crippen LogP contribution >= 0.6 is 34.8 Å². The van der Waals surface area contributed by atoms with Gasteiger partial charge in [0.15, 0.2) is 5.78 Å². The summed E-state index contributed by atoms with van der Waals surface area (Å²) in [7, 11) is -4.51. The highest BCUT2D eigenvalue weighted by Crippen LogP contribution is 2.48. The second-order valence-corrected chi connectivity index (χ2v) is 13.5. The number of Topliss-reactive ketones (excluding diaryl/α,β-unsaturated/α-hetero) is 1. The molecule has 0 spiro atoms. The number of fused-ring (bicyclic) bond motifs is 1. The van der Waals surface area contributed by atoms with Gasteiger partial charge in [-0.2, -0.15) is 0 Å². The Morgan fingerprint density at radius 2 is 1.39 bits per heavy atom. The first-order valence-corrected chi connectivity index (χ1v) is 16.3. The first-order chi connectivity index (χ1) is 21.9. The van der Waals surface area contributed by atoms with E-state index in [-0.39, 0.29) is 54.0 Å². The summed E-state index contributed by atoms with van der Waals surface area (Å²) >= 11 is 20.0. The first-order valence-electron chi connectivity index (χ1n) is 13.7. The lowest BCUT2D eigenvalue weighted by Crippen LogP contribution is -2.14. The van der Waals surface area contributed by atoms with Crippen molar-refractivity contribution in [1.82, 2.24) is 3.97 Å². The van der Waals surface area contributed by atoms with E-state index in [1.807, 2.05) is 0 Å². The van der Waals surface area contributed by atoms with E-state index >= 15 is 0 Å². The molecule has 0 aliphatic rings. The second-order valence-electron chi connectivity index (χ2n) is 10.5. The molecule has 0 unspecified atom stereocenters. The minimum Gasteiger partial charge on any atom is -0.295 e. The Labute approximate surface area is 277 Å². The monoisotopic (exact) mass is 697 g/mol. The normalized spacial score (nSPS) is 11.8. The largest absolute Gasteiger partial charge is 0.295 e. The van der Waals surface area contributed by atoms with E-state index in [2.05, 4.69) is 0 Å². The van der Waals surface area contributed by atoms with Gasteiger partial charge in [-0.05, 0) is 67.1 Å². The van der Waals surface area contributed by atoms with E-state index < -0.39 is 22.3 Å². The summed E-state index contributed by atoms with van der Waals surface area (Å²) in [4.78, 5) is 11.6. The van der Waals surface area contributed by atoms with Gasteiger partial charge in [-0.15, -0.1) is 0 Å². The number of nitrogens with zero attached hydrogens (tertiary/aromatic N) is 1. The van der Waals surface area contributed by atoms with Crippen molar-refractivity contribution in [2.24, 2.45) is 0 Å². The Hall–Kier alpha value is -4.08. The van der Waals surface area contributed by atoms with E-state index in [9.17, 15) is 26.4 Å². The summed E-state index contributed by atoms with van der Waals surface area (Å²) < 4.78 is 71.6. The lowest BCUT2D eigenvalue weighted by atomic mass is 9.95. The molecule has 0 fully saturated rings. The van der Waals surface area contributed by atoms with Gasteiger partial charge in [-0.25, -0.2) is 25.6 Å². The fourth-order valence-electron chi connectivity index (χ4n) is 5.43. The molecule has 0 atom stereocenters. The van der Waals surface area contributed by atoms with Gasteiger partial charge in [-0.3, -0.25) is 4.79 Å². The molecule has 0 radical (unpaired) electrons. The Morgan fingerprint density at radius 3 is 2.02 bits per heavy atom.